The Morgan fingerprint density at radius 2 is 1.16 bits per heavy atom. The van der Waals surface area contributed by atoms with Crippen LogP contribution in [0.25, 0.3) is 12.2 Å². The first-order chi connectivity index (χ1) is 15.2. The third-order valence-electron chi connectivity index (χ3n) is 5.50. The lowest BCUT2D eigenvalue weighted by Crippen LogP contribution is -2.25. The monoisotopic (exact) mass is 411 g/mol. The van der Waals surface area contributed by atoms with Crippen LogP contribution in [0.3, 0.4) is 0 Å². The largest absolute Gasteiger partial charge is 0.372 e. The predicted octanol–water partition coefficient (Wildman–Crippen LogP) is 7.49. The predicted molar refractivity (Wildman–Crippen MR) is 134 cm³/mol. The SMILES string of the molecule is CCCCN(CCCC)c1ccc(/C=C/c2ccc(C(=O)c3ccccc3)cc2)cc1. The average Bonchev–Trinajstić information content (AvgIpc) is 2.84. The first-order valence-electron chi connectivity index (χ1n) is 11.4. The lowest BCUT2D eigenvalue weighted by molar-refractivity contribution is 0.103. The maximum absolute atomic E-state index is 12.5. The molecule has 3 rings (SSSR count). The fourth-order valence-electron chi connectivity index (χ4n) is 3.56. The lowest BCUT2D eigenvalue weighted by Gasteiger charge is -2.24. The molecule has 160 valence electrons. The van der Waals surface area contributed by atoms with Gasteiger partial charge < -0.3 is 4.90 Å². The van der Waals surface area contributed by atoms with Crippen LogP contribution in [0, 0.1) is 0 Å². The van der Waals surface area contributed by atoms with E-state index in [1.54, 1.807) is 0 Å². The summed E-state index contributed by atoms with van der Waals surface area (Å²) in [5.74, 6) is 0.0578. The molecule has 0 aliphatic rings. The highest BCUT2D eigenvalue weighted by Crippen LogP contribution is 2.19. The van der Waals surface area contributed by atoms with Crippen molar-refractivity contribution in [1.82, 2.24) is 0 Å². The number of anilines is 1. The van der Waals surface area contributed by atoms with E-state index in [9.17, 15) is 4.79 Å². The van der Waals surface area contributed by atoms with Crippen LogP contribution in [0.15, 0.2) is 78.9 Å². The number of hydrogen-bond donors (Lipinski definition) is 0. The van der Waals surface area contributed by atoms with Gasteiger partial charge in [-0.15, -0.1) is 0 Å². The Labute approximate surface area is 187 Å². The van der Waals surface area contributed by atoms with Gasteiger partial charge in [0.2, 0.25) is 0 Å². The van der Waals surface area contributed by atoms with Gasteiger partial charge in [0.15, 0.2) is 5.78 Å². The number of benzene rings is 3. The molecule has 0 aliphatic carbocycles. The second-order valence-electron chi connectivity index (χ2n) is 7.94. The van der Waals surface area contributed by atoms with Crippen molar-refractivity contribution in [1.29, 1.82) is 0 Å². The van der Waals surface area contributed by atoms with Crippen molar-refractivity contribution in [3.8, 4) is 0 Å². The minimum Gasteiger partial charge on any atom is -0.372 e. The molecule has 0 amide bonds. The van der Waals surface area contributed by atoms with Gasteiger partial charge >= 0.3 is 0 Å². The zero-order valence-electron chi connectivity index (χ0n) is 18.8. The molecule has 0 aliphatic heterocycles. The Bertz CT molecular complexity index is 948. The summed E-state index contributed by atoms with van der Waals surface area (Å²) in [4.78, 5) is 15.0. The standard InChI is InChI=1S/C29H33NO/c1-3-5-22-30(23-6-4-2)28-20-16-25(17-21-28)13-12-24-14-18-27(19-15-24)29(31)26-10-8-7-9-11-26/h7-21H,3-6,22-23H2,1-2H3/b13-12+. The highest BCUT2D eigenvalue weighted by atomic mass is 16.1. The molecule has 2 heteroatoms. The van der Waals surface area contributed by atoms with E-state index in [-0.39, 0.29) is 5.78 Å². The van der Waals surface area contributed by atoms with Gasteiger partial charge in [-0.1, -0.05) is 106 Å². The van der Waals surface area contributed by atoms with E-state index in [4.69, 9.17) is 0 Å². The minimum atomic E-state index is 0.0578. The minimum absolute atomic E-state index is 0.0578. The zero-order chi connectivity index (χ0) is 21.9. The highest BCUT2D eigenvalue weighted by Gasteiger charge is 2.08. The molecule has 3 aromatic rings. The van der Waals surface area contributed by atoms with E-state index < -0.39 is 0 Å². The second kappa shape index (κ2) is 11.9. The number of rotatable bonds is 11. The van der Waals surface area contributed by atoms with Crippen LogP contribution >= 0.6 is 0 Å². The summed E-state index contributed by atoms with van der Waals surface area (Å²) < 4.78 is 0. The molecule has 0 bridgehead atoms. The first-order valence-corrected chi connectivity index (χ1v) is 11.4. The number of nitrogens with zero attached hydrogens (tertiary/aromatic N) is 1. The van der Waals surface area contributed by atoms with Gasteiger partial charge in [-0.2, -0.15) is 0 Å². The van der Waals surface area contributed by atoms with E-state index in [0.29, 0.717) is 5.56 Å². The van der Waals surface area contributed by atoms with Crippen LogP contribution in [0.4, 0.5) is 5.69 Å². The number of unbranched alkanes of at least 4 members (excludes halogenated alkanes) is 2. The smallest absolute Gasteiger partial charge is 0.193 e. The van der Waals surface area contributed by atoms with E-state index in [2.05, 4.69) is 55.2 Å². The van der Waals surface area contributed by atoms with Crippen molar-refractivity contribution < 1.29 is 4.79 Å². The number of carbonyl (C=O) groups excluding carboxylic acids is 1. The van der Waals surface area contributed by atoms with Crippen molar-refractivity contribution in [3.63, 3.8) is 0 Å². The van der Waals surface area contributed by atoms with Crippen LogP contribution in [0.2, 0.25) is 0 Å². The summed E-state index contributed by atoms with van der Waals surface area (Å²) in [6, 6.07) is 26.0. The first kappa shape index (κ1) is 22.6. The van der Waals surface area contributed by atoms with E-state index in [0.717, 1.165) is 24.2 Å². The Balaban J connectivity index is 1.64. The van der Waals surface area contributed by atoms with E-state index in [1.165, 1.54) is 36.9 Å². The van der Waals surface area contributed by atoms with E-state index in [1.807, 2.05) is 54.6 Å². The van der Waals surface area contributed by atoms with Gasteiger partial charge in [0.1, 0.15) is 0 Å². The molecule has 0 saturated carbocycles. The van der Waals surface area contributed by atoms with E-state index >= 15 is 0 Å². The zero-order valence-corrected chi connectivity index (χ0v) is 18.8. The molecule has 0 atom stereocenters. The maximum Gasteiger partial charge on any atom is 0.193 e. The Hall–Kier alpha value is -3.13. The summed E-state index contributed by atoms with van der Waals surface area (Å²) in [5.41, 5.74) is 5.01. The van der Waals surface area contributed by atoms with Crippen LogP contribution in [-0.4, -0.2) is 18.9 Å². The lowest BCUT2D eigenvalue weighted by atomic mass is 10.0. The molecule has 0 aromatic heterocycles. The second-order valence-corrected chi connectivity index (χ2v) is 7.94. The van der Waals surface area contributed by atoms with Gasteiger partial charge in [-0.3, -0.25) is 4.79 Å². The molecule has 0 spiro atoms. The van der Waals surface area contributed by atoms with Gasteiger partial charge in [0.25, 0.3) is 0 Å². The van der Waals surface area contributed by atoms with Crippen LogP contribution < -0.4 is 4.90 Å². The van der Waals surface area contributed by atoms with Crippen LogP contribution in [0.5, 0.6) is 0 Å². The fraction of sp³-hybridized carbons (Fsp3) is 0.276. The van der Waals surface area contributed by atoms with Crippen molar-refractivity contribution in [3.05, 3.63) is 101 Å². The van der Waals surface area contributed by atoms with Gasteiger partial charge in [-0.25, -0.2) is 0 Å². The summed E-state index contributed by atoms with van der Waals surface area (Å²) >= 11 is 0. The topological polar surface area (TPSA) is 20.3 Å². The molecule has 31 heavy (non-hydrogen) atoms. The molecule has 0 heterocycles. The quantitative estimate of drug-likeness (QED) is 0.240. The molecule has 0 saturated heterocycles. The number of hydrogen-bond acceptors (Lipinski definition) is 2. The van der Waals surface area contributed by atoms with Gasteiger partial charge in [0.05, 0.1) is 0 Å². The van der Waals surface area contributed by atoms with Crippen molar-refractivity contribution in [2.75, 3.05) is 18.0 Å². The van der Waals surface area contributed by atoms with Crippen molar-refractivity contribution >= 4 is 23.6 Å². The Kier molecular flexibility index (Phi) is 8.66. The average molecular weight is 412 g/mol. The van der Waals surface area contributed by atoms with Crippen LogP contribution in [0.1, 0.15) is 66.6 Å². The third kappa shape index (κ3) is 6.68. The van der Waals surface area contributed by atoms with Gasteiger partial charge in [-0.05, 0) is 36.1 Å². The Morgan fingerprint density at radius 3 is 1.68 bits per heavy atom. The summed E-state index contributed by atoms with van der Waals surface area (Å²) in [6.45, 7) is 6.74. The fourth-order valence-corrected chi connectivity index (χ4v) is 3.56. The third-order valence-corrected chi connectivity index (χ3v) is 5.50. The highest BCUT2D eigenvalue weighted by molar-refractivity contribution is 6.09. The molecule has 3 aromatic carbocycles. The maximum atomic E-state index is 12.5. The summed E-state index contributed by atoms with van der Waals surface area (Å²) in [6.07, 6.45) is 9.12. The molecular weight excluding hydrogens is 378 g/mol. The van der Waals surface area contributed by atoms with Gasteiger partial charge in [0, 0.05) is 29.9 Å². The Morgan fingerprint density at radius 1 is 0.677 bits per heavy atom. The molecule has 0 unspecified atom stereocenters. The molecule has 2 nitrogen and oxygen atoms in total. The normalized spacial score (nSPS) is 11.0. The van der Waals surface area contributed by atoms with Crippen molar-refractivity contribution in [2.24, 2.45) is 0 Å². The van der Waals surface area contributed by atoms with Crippen molar-refractivity contribution in [2.45, 2.75) is 39.5 Å². The number of carbonyl (C=O) groups is 1. The molecule has 0 N–H and O–H groups in total. The summed E-state index contributed by atoms with van der Waals surface area (Å²) in [5, 5.41) is 0. The molecule has 0 radical (unpaired) electrons. The van der Waals surface area contributed by atoms with Crippen LogP contribution in [-0.2, 0) is 0 Å². The molecule has 0 fully saturated rings. The molecular formula is C29H33NO. The number of ketones is 1. The summed E-state index contributed by atoms with van der Waals surface area (Å²) in [7, 11) is 0.